The predicted octanol–water partition coefficient (Wildman–Crippen LogP) is 10.5. The van der Waals surface area contributed by atoms with Crippen LogP contribution in [0.15, 0.2) is 127 Å². The Morgan fingerprint density at radius 3 is 1.79 bits per heavy atom. The Hall–Kier alpha value is -4.88. The van der Waals surface area contributed by atoms with E-state index in [2.05, 4.69) is 146 Å². The molecule has 8 aromatic rings. The lowest BCUT2D eigenvalue weighted by Gasteiger charge is -2.15. The minimum Gasteiger partial charge on any atom is -0.309 e. The second kappa shape index (κ2) is 8.31. The van der Waals surface area contributed by atoms with E-state index >= 15 is 0 Å². The van der Waals surface area contributed by atoms with Gasteiger partial charge in [-0.15, -0.1) is 0 Å². The lowest BCUT2D eigenvalue weighted by atomic mass is 9.95. The summed E-state index contributed by atoms with van der Waals surface area (Å²) in [4.78, 5) is 0. The molecule has 184 valence electrons. The largest absolute Gasteiger partial charge is 0.309 e. The Labute approximate surface area is 227 Å². The van der Waals surface area contributed by atoms with Crippen LogP contribution in [0.5, 0.6) is 0 Å². The molecule has 0 aliphatic carbocycles. The van der Waals surface area contributed by atoms with Crippen molar-refractivity contribution < 1.29 is 0 Å². The molecule has 0 amide bonds. The van der Waals surface area contributed by atoms with E-state index in [9.17, 15) is 0 Å². The Morgan fingerprint density at radius 1 is 0.436 bits per heavy atom. The molecule has 0 N–H and O–H groups in total. The topological polar surface area (TPSA) is 4.93 Å². The van der Waals surface area contributed by atoms with Crippen LogP contribution in [0.2, 0.25) is 0 Å². The first-order chi connectivity index (χ1) is 19.2. The van der Waals surface area contributed by atoms with Gasteiger partial charge in [-0.2, -0.15) is 0 Å². The molecule has 8 rings (SSSR count). The second-order valence-electron chi connectivity index (χ2n) is 10.7. The average molecular weight is 498 g/mol. The number of benzene rings is 7. The van der Waals surface area contributed by atoms with E-state index < -0.39 is 0 Å². The summed E-state index contributed by atoms with van der Waals surface area (Å²) in [6.07, 6.45) is 0. The lowest BCUT2D eigenvalue weighted by molar-refractivity contribution is 1.18. The van der Waals surface area contributed by atoms with E-state index in [0.29, 0.717) is 0 Å². The minimum absolute atomic E-state index is 1.19. The molecule has 0 saturated carbocycles. The Kier molecular flexibility index (Phi) is 4.72. The van der Waals surface area contributed by atoms with E-state index in [1.807, 2.05) is 0 Å². The fourth-order valence-electron chi connectivity index (χ4n) is 6.54. The molecular weight excluding hydrogens is 470 g/mol. The maximum absolute atomic E-state index is 2.51. The highest BCUT2D eigenvalue weighted by Gasteiger charge is 2.20. The molecule has 0 bridgehead atoms. The van der Waals surface area contributed by atoms with Crippen LogP contribution in [0.3, 0.4) is 0 Å². The van der Waals surface area contributed by atoms with Gasteiger partial charge in [-0.1, -0.05) is 103 Å². The minimum atomic E-state index is 1.19. The van der Waals surface area contributed by atoms with Gasteiger partial charge in [-0.05, 0) is 87.3 Å². The highest BCUT2D eigenvalue weighted by molar-refractivity contribution is 6.32. The van der Waals surface area contributed by atoms with Crippen LogP contribution in [0.4, 0.5) is 0 Å². The molecule has 39 heavy (non-hydrogen) atoms. The number of hydrogen-bond donors (Lipinski definition) is 0. The van der Waals surface area contributed by atoms with Gasteiger partial charge in [0.1, 0.15) is 0 Å². The zero-order valence-corrected chi connectivity index (χ0v) is 22.1. The first-order valence-corrected chi connectivity index (χ1v) is 13.6. The monoisotopic (exact) mass is 497 g/mol. The van der Waals surface area contributed by atoms with E-state index in [1.54, 1.807) is 0 Å². The van der Waals surface area contributed by atoms with Crippen LogP contribution in [0, 0.1) is 13.8 Å². The molecule has 0 aliphatic heterocycles. The van der Waals surface area contributed by atoms with Crippen LogP contribution in [0.25, 0.3) is 70.9 Å². The van der Waals surface area contributed by atoms with Crippen molar-refractivity contribution in [1.29, 1.82) is 0 Å². The third-order valence-electron chi connectivity index (χ3n) is 8.42. The van der Waals surface area contributed by atoms with E-state index in [1.165, 1.54) is 82.1 Å². The molecule has 0 radical (unpaired) electrons. The van der Waals surface area contributed by atoms with Crippen molar-refractivity contribution in [3.05, 3.63) is 139 Å². The normalized spacial score (nSPS) is 11.8. The van der Waals surface area contributed by atoms with Crippen LogP contribution in [-0.4, -0.2) is 4.57 Å². The summed E-state index contributed by atoms with van der Waals surface area (Å²) < 4.78 is 2.51. The third-order valence-corrected chi connectivity index (χ3v) is 8.42. The molecule has 0 atom stereocenters. The van der Waals surface area contributed by atoms with Crippen molar-refractivity contribution in [3.63, 3.8) is 0 Å². The fraction of sp³-hybridized carbons (Fsp3) is 0.0526. The maximum atomic E-state index is 2.51. The van der Waals surface area contributed by atoms with Gasteiger partial charge in [0.05, 0.1) is 11.0 Å². The predicted molar refractivity (Wildman–Crippen MR) is 168 cm³/mol. The van der Waals surface area contributed by atoms with Crippen LogP contribution in [0.1, 0.15) is 11.1 Å². The number of hydrogen-bond acceptors (Lipinski definition) is 0. The summed E-state index contributed by atoms with van der Waals surface area (Å²) in [6, 6.07) is 46.9. The van der Waals surface area contributed by atoms with E-state index in [-0.39, 0.29) is 0 Å². The zero-order chi connectivity index (χ0) is 26.1. The van der Waals surface area contributed by atoms with Gasteiger partial charge < -0.3 is 4.57 Å². The summed E-state index contributed by atoms with van der Waals surface area (Å²) in [5.74, 6) is 0. The highest BCUT2D eigenvalue weighted by atomic mass is 15.0. The Balaban J connectivity index is 1.61. The van der Waals surface area contributed by atoms with Gasteiger partial charge >= 0.3 is 0 Å². The number of aromatic nitrogens is 1. The van der Waals surface area contributed by atoms with Gasteiger partial charge in [0.2, 0.25) is 0 Å². The molecule has 7 aromatic carbocycles. The summed E-state index contributed by atoms with van der Waals surface area (Å²) in [5.41, 5.74) is 8.86. The van der Waals surface area contributed by atoms with Crippen LogP contribution < -0.4 is 0 Å². The molecule has 0 unspecified atom stereocenters. The second-order valence-corrected chi connectivity index (χ2v) is 10.7. The molecule has 1 heterocycles. The van der Waals surface area contributed by atoms with E-state index in [0.717, 1.165) is 0 Å². The molecule has 0 spiro atoms. The van der Waals surface area contributed by atoms with Gasteiger partial charge in [0.15, 0.2) is 0 Å². The van der Waals surface area contributed by atoms with E-state index in [4.69, 9.17) is 0 Å². The molecular formula is C38H27N. The number of fused-ring (bicyclic) bond motifs is 9. The summed E-state index contributed by atoms with van der Waals surface area (Å²) in [5, 5.41) is 10.3. The first kappa shape index (κ1) is 22.1. The van der Waals surface area contributed by atoms with Gasteiger partial charge in [0.25, 0.3) is 0 Å². The SMILES string of the molecule is Cc1ccccc1-c1cc(-n2c3cc4ccccc4cc3c3c4ccccc4c4ccccc4c32)ccc1C. The summed E-state index contributed by atoms with van der Waals surface area (Å²) in [7, 11) is 0. The van der Waals surface area contributed by atoms with Crippen molar-refractivity contribution in [3.8, 4) is 16.8 Å². The third kappa shape index (κ3) is 3.20. The summed E-state index contributed by atoms with van der Waals surface area (Å²) >= 11 is 0. The van der Waals surface area contributed by atoms with Crippen molar-refractivity contribution >= 4 is 54.1 Å². The molecule has 0 aliphatic rings. The Bertz CT molecular complexity index is 2250. The van der Waals surface area contributed by atoms with Crippen molar-refractivity contribution in [2.45, 2.75) is 13.8 Å². The number of aryl methyl sites for hydroxylation is 2. The maximum Gasteiger partial charge on any atom is 0.0625 e. The quantitative estimate of drug-likeness (QED) is 0.209. The van der Waals surface area contributed by atoms with Crippen molar-refractivity contribution in [2.24, 2.45) is 0 Å². The number of nitrogens with zero attached hydrogens (tertiary/aromatic N) is 1. The van der Waals surface area contributed by atoms with Crippen molar-refractivity contribution in [2.75, 3.05) is 0 Å². The van der Waals surface area contributed by atoms with Gasteiger partial charge in [0, 0.05) is 21.8 Å². The molecule has 0 fully saturated rings. The highest BCUT2D eigenvalue weighted by Crippen LogP contribution is 2.44. The van der Waals surface area contributed by atoms with Crippen molar-refractivity contribution in [1.82, 2.24) is 4.57 Å². The van der Waals surface area contributed by atoms with Gasteiger partial charge in [-0.3, -0.25) is 0 Å². The molecule has 1 nitrogen and oxygen atoms in total. The molecule has 1 heteroatoms. The molecule has 0 saturated heterocycles. The lowest BCUT2D eigenvalue weighted by Crippen LogP contribution is -1.97. The van der Waals surface area contributed by atoms with Crippen LogP contribution >= 0.6 is 0 Å². The van der Waals surface area contributed by atoms with Gasteiger partial charge in [-0.25, -0.2) is 0 Å². The summed E-state index contributed by atoms with van der Waals surface area (Å²) in [6.45, 7) is 4.42. The zero-order valence-electron chi connectivity index (χ0n) is 22.1. The first-order valence-electron chi connectivity index (χ1n) is 13.6. The fourth-order valence-corrected chi connectivity index (χ4v) is 6.54. The Morgan fingerprint density at radius 2 is 1.03 bits per heavy atom. The van der Waals surface area contributed by atoms with Crippen LogP contribution in [-0.2, 0) is 0 Å². The average Bonchev–Trinajstić information content (AvgIpc) is 3.31. The number of rotatable bonds is 2. The smallest absolute Gasteiger partial charge is 0.0625 e. The molecule has 1 aromatic heterocycles. The standard InChI is InChI=1S/C38H27N/c1-24-11-3-6-14-29(24)34-23-28(20-19-25(34)2)39-36-22-27-13-5-4-12-26(27)21-35(36)37-32-17-9-7-15-30(32)31-16-8-10-18-33(31)38(37)39/h3-23H,1-2H3.